The van der Waals surface area contributed by atoms with E-state index in [-0.39, 0.29) is 0 Å². The molecule has 0 aliphatic rings. The maximum absolute atomic E-state index is 2.57. The van der Waals surface area contributed by atoms with E-state index >= 15 is 0 Å². The van der Waals surface area contributed by atoms with Gasteiger partial charge in [0.05, 0.1) is 0 Å². The average molecular weight is 171 g/mol. The second-order valence-corrected chi connectivity index (χ2v) is 3.49. The highest BCUT2D eigenvalue weighted by Crippen LogP contribution is 2.00. The van der Waals surface area contributed by atoms with Gasteiger partial charge >= 0.3 is 0 Å². The van der Waals surface area contributed by atoms with Gasteiger partial charge in [-0.1, -0.05) is 40.0 Å². The number of nitrogens with zero attached hydrogens (tertiary/aromatic N) is 1. The topological polar surface area (TPSA) is 3.24 Å². The lowest BCUT2D eigenvalue weighted by atomic mass is 10.2. The van der Waals surface area contributed by atoms with Crippen LogP contribution in [0.1, 0.15) is 52.9 Å². The minimum atomic E-state index is 1.23. The smallest absolute Gasteiger partial charge is 0.00189 e. The molecule has 0 aromatic carbocycles. The third kappa shape index (κ3) is 6.66. The SMILES string of the molecule is CCCCCN(CC)CCCC. The average Bonchev–Trinajstić information content (AvgIpc) is 2.11. The molecule has 0 radical (unpaired) electrons. The predicted molar refractivity (Wildman–Crippen MR) is 56.5 cm³/mol. The van der Waals surface area contributed by atoms with Crippen molar-refractivity contribution in [2.24, 2.45) is 0 Å². The van der Waals surface area contributed by atoms with E-state index in [4.69, 9.17) is 0 Å². The molecule has 0 bridgehead atoms. The molecule has 0 atom stereocenters. The zero-order valence-corrected chi connectivity index (χ0v) is 9.10. The molecule has 1 nitrogen and oxygen atoms in total. The van der Waals surface area contributed by atoms with Crippen LogP contribution >= 0.6 is 0 Å². The van der Waals surface area contributed by atoms with Crippen LogP contribution in [0.3, 0.4) is 0 Å². The van der Waals surface area contributed by atoms with Gasteiger partial charge in [0.1, 0.15) is 0 Å². The molecule has 0 amide bonds. The molecule has 0 saturated carbocycles. The first-order valence-electron chi connectivity index (χ1n) is 5.57. The Bertz CT molecular complexity index is 81.1. The van der Waals surface area contributed by atoms with Crippen LogP contribution in [0.2, 0.25) is 0 Å². The van der Waals surface area contributed by atoms with Gasteiger partial charge in [-0.15, -0.1) is 0 Å². The van der Waals surface area contributed by atoms with Crippen molar-refractivity contribution < 1.29 is 0 Å². The molecule has 0 spiro atoms. The molecular weight excluding hydrogens is 146 g/mol. The summed E-state index contributed by atoms with van der Waals surface area (Å²) in [5, 5.41) is 0. The molecule has 0 aliphatic carbocycles. The van der Waals surface area contributed by atoms with Crippen LogP contribution in [0.4, 0.5) is 0 Å². The Morgan fingerprint density at radius 3 is 1.83 bits per heavy atom. The van der Waals surface area contributed by atoms with Gasteiger partial charge in [0.2, 0.25) is 0 Å². The lowest BCUT2D eigenvalue weighted by Gasteiger charge is -2.19. The molecule has 1 heteroatoms. The fraction of sp³-hybridized carbons (Fsp3) is 1.00. The van der Waals surface area contributed by atoms with E-state index in [1.807, 2.05) is 0 Å². The van der Waals surface area contributed by atoms with Crippen LogP contribution < -0.4 is 0 Å². The largest absolute Gasteiger partial charge is 0.304 e. The van der Waals surface area contributed by atoms with Crippen molar-refractivity contribution in [1.82, 2.24) is 4.90 Å². The summed E-state index contributed by atoms with van der Waals surface area (Å²) in [5.41, 5.74) is 0. The Hall–Kier alpha value is -0.0400. The summed E-state index contributed by atoms with van der Waals surface area (Å²) in [7, 11) is 0. The van der Waals surface area contributed by atoms with Gasteiger partial charge in [0.15, 0.2) is 0 Å². The van der Waals surface area contributed by atoms with Gasteiger partial charge in [-0.3, -0.25) is 0 Å². The van der Waals surface area contributed by atoms with Crippen LogP contribution in [-0.2, 0) is 0 Å². The molecule has 12 heavy (non-hydrogen) atoms. The first-order valence-corrected chi connectivity index (χ1v) is 5.57. The Kier molecular flexibility index (Phi) is 9.02. The molecule has 0 heterocycles. The number of hydrogen-bond donors (Lipinski definition) is 0. The number of rotatable bonds is 8. The molecule has 74 valence electrons. The predicted octanol–water partition coefficient (Wildman–Crippen LogP) is 3.30. The molecular formula is C11H25N. The normalized spacial score (nSPS) is 11.0. The zero-order chi connectivity index (χ0) is 9.23. The molecule has 0 aliphatic heterocycles. The third-order valence-electron chi connectivity index (χ3n) is 2.35. The fourth-order valence-corrected chi connectivity index (χ4v) is 1.40. The van der Waals surface area contributed by atoms with Gasteiger partial charge in [0.25, 0.3) is 0 Å². The van der Waals surface area contributed by atoms with Crippen molar-refractivity contribution in [3.63, 3.8) is 0 Å². The van der Waals surface area contributed by atoms with Crippen LogP contribution in [-0.4, -0.2) is 24.5 Å². The fourth-order valence-electron chi connectivity index (χ4n) is 1.40. The van der Waals surface area contributed by atoms with Gasteiger partial charge in [-0.05, 0) is 32.5 Å². The van der Waals surface area contributed by atoms with Crippen molar-refractivity contribution >= 4 is 0 Å². The van der Waals surface area contributed by atoms with E-state index in [2.05, 4.69) is 25.7 Å². The highest BCUT2D eigenvalue weighted by atomic mass is 15.1. The monoisotopic (exact) mass is 171 g/mol. The number of unbranched alkanes of at least 4 members (excludes halogenated alkanes) is 3. The Balaban J connectivity index is 3.26. The maximum atomic E-state index is 2.57. The molecule has 0 fully saturated rings. The van der Waals surface area contributed by atoms with E-state index in [9.17, 15) is 0 Å². The van der Waals surface area contributed by atoms with E-state index in [0.29, 0.717) is 0 Å². The summed E-state index contributed by atoms with van der Waals surface area (Å²) < 4.78 is 0. The molecule has 0 saturated heterocycles. The van der Waals surface area contributed by atoms with Crippen molar-refractivity contribution in [3.05, 3.63) is 0 Å². The summed E-state index contributed by atoms with van der Waals surface area (Å²) in [5.74, 6) is 0. The zero-order valence-electron chi connectivity index (χ0n) is 9.10. The number of hydrogen-bond acceptors (Lipinski definition) is 1. The van der Waals surface area contributed by atoms with Gasteiger partial charge in [-0.2, -0.15) is 0 Å². The molecule has 0 aromatic rings. The van der Waals surface area contributed by atoms with Crippen LogP contribution in [0.5, 0.6) is 0 Å². The second kappa shape index (κ2) is 9.05. The first kappa shape index (κ1) is 12.0. The lowest BCUT2D eigenvalue weighted by Crippen LogP contribution is -2.25. The standard InChI is InChI=1S/C11H25N/c1-4-7-9-11-12(6-3)10-8-5-2/h4-11H2,1-3H3. The minimum Gasteiger partial charge on any atom is -0.304 e. The van der Waals surface area contributed by atoms with Gasteiger partial charge in [-0.25, -0.2) is 0 Å². The second-order valence-electron chi connectivity index (χ2n) is 3.49. The van der Waals surface area contributed by atoms with Crippen molar-refractivity contribution in [2.75, 3.05) is 19.6 Å². The first-order chi connectivity index (χ1) is 5.85. The Morgan fingerprint density at radius 1 is 0.750 bits per heavy atom. The molecule has 0 aromatic heterocycles. The molecule has 0 unspecified atom stereocenters. The molecule has 0 N–H and O–H groups in total. The summed E-state index contributed by atoms with van der Waals surface area (Å²) in [6.07, 6.45) is 6.80. The van der Waals surface area contributed by atoms with E-state index < -0.39 is 0 Å². The van der Waals surface area contributed by atoms with E-state index in [0.717, 1.165) is 0 Å². The lowest BCUT2D eigenvalue weighted by molar-refractivity contribution is 0.277. The minimum absolute atomic E-state index is 1.23. The highest BCUT2D eigenvalue weighted by Gasteiger charge is 1.99. The van der Waals surface area contributed by atoms with Gasteiger partial charge in [0, 0.05) is 0 Å². The van der Waals surface area contributed by atoms with Crippen LogP contribution in [0, 0.1) is 0 Å². The summed E-state index contributed by atoms with van der Waals surface area (Å²) in [6.45, 7) is 10.6. The van der Waals surface area contributed by atoms with E-state index in [1.54, 1.807) is 0 Å². The maximum Gasteiger partial charge on any atom is -0.00189 e. The van der Waals surface area contributed by atoms with Crippen molar-refractivity contribution in [1.29, 1.82) is 0 Å². The van der Waals surface area contributed by atoms with E-state index in [1.165, 1.54) is 51.7 Å². The Labute approximate surface area is 78.1 Å². The van der Waals surface area contributed by atoms with Crippen molar-refractivity contribution in [2.45, 2.75) is 52.9 Å². The van der Waals surface area contributed by atoms with Gasteiger partial charge < -0.3 is 4.90 Å². The summed E-state index contributed by atoms with van der Waals surface area (Å²) in [6, 6.07) is 0. The highest BCUT2D eigenvalue weighted by molar-refractivity contribution is 4.54. The van der Waals surface area contributed by atoms with Crippen LogP contribution in [0.15, 0.2) is 0 Å². The Morgan fingerprint density at radius 2 is 1.33 bits per heavy atom. The summed E-state index contributed by atoms with van der Waals surface area (Å²) in [4.78, 5) is 2.57. The van der Waals surface area contributed by atoms with Crippen LogP contribution in [0.25, 0.3) is 0 Å². The third-order valence-corrected chi connectivity index (χ3v) is 2.35. The van der Waals surface area contributed by atoms with Crippen molar-refractivity contribution in [3.8, 4) is 0 Å². The molecule has 0 rings (SSSR count). The summed E-state index contributed by atoms with van der Waals surface area (Å²) >= 11 is 0. The quantitative estimate of drug-likeness (QED) is 0.506.